The molecular formula is C12H14O3. The lowest BCUT2D eigenvalue weighted by atomic mass is 10.1. The van der Waals surface area contributed by atoms with Crippen molar-refractivity contribution in [3.8, 4) is 5.75 Å². The molecule has 0 saturated heterocycles. The molecule has 1 aliphatic rings. The van der Waals surface area contributed by atoms with Crippen molar-refractivity contribution in [1.82, 2.24) is 0 Å². The van der Waals surface area contributed by atoms with Gasteiger partial charge in [-0.15, -0.1) is 0 Å². The highest BCUT2D eigenvalue weighted by Crippen LogP contribution is 2.41. The van der Waals surface area contributed by atoms with Gasteiger partial charge in [-0.1, -0.05) is 6.07 Å². The van der Waals surface area contributed by atoms with Crippen LogP contribution in [0.5, 0.6) is 5.75 Å². The molecule has 1 aliphatic carbocycles. The van der Waals surface area contributed by atoms with Crippen molar-refractivity contribution in [1.29, 1.82) is 0 Å². The minimum absolute atomic E-state index is 0.339. The van der Waals surface area contributed by atoms with Crippen LogP contribution in [-0.2, 0) is 4.74 Å². The van der Waals surface area contributed by atoms with Gasteiger partial charge in [-0.05, 0) is 36.5 Å². The third-order valence-corrected chi connectivity index (χ3v) is 2.68. The Labute approximate surface area is 89.0 Å². The summed E-state index contributed by atoms with van der Waals surface area (Å²) in [5, 5.41) is 0. The molecule has 80 valence electrons. The van der Waals surface area contributed by atoms with Crippen LogP contribution in [0.1, 0.15) is 34.7 Å². The highest BCUT2D eigenvalue weighted by Gasteiger charge is 2.25. The van der Waals surface area contributed by atoms with Crippen molar-refractivity contribution in [2.24, 2.45) is 0 Å². The van der Waals surface area contributed by atoms with E-state index in [1.165, 1.54) is 25.5 Å². The molecular weight excluding hydrogens is 192 g/mol. The lowest BCUT2D eigenvalue weighted by Crippen LogP contribution is -2.04. The van der Waals surface area contributed by atoms with Gasteiger partial charge in [0, 0.05) is 0 Å². The summed E-state index contributed by atoms with van der Waals surface area (Å²) < 4.78 is 9.84. The van der Waals surface area contributed by atoms with Crippen LogP contribution in [-0.4, -0.2) is 20.2 Å². The molecule has 0 spiro atoms. The SMILES string of the molecule is COC(=O)c1cc(C2CC2)ccc1OC. The summed E-state index contributed by atoms with van der Waals surface area (Å²) in [7, 11) is 2.93. The van der Waals surface area contributed by atoms with Gasteiger partial charge < -0.3 is 9.47 Å². The summed E-state index contributed by atoms with van der Waals surface area (Å²) >= 11 is 0. The van der Waals surface area contributed by atoms with Crippen molar-refractivity contribution in [3.05, 3.63) is 29.3 Å². The van der Waals surface area contributed by atoms with Crippen LogP contribution in [0.25, 0.3) is 0 Å². The topological polar surface area (TPSA) is 35.5 Å². The summed E-state index contributed by atoms with van der Waals surface area (Å²) in [6.45, 7) is 0. The average molecular weight is 206 g/mol. The Hall–Kier alpha value is -1.51. The van der Waals surface area contributed by atoms with Crippen molar-refractivity contribution in [2.75, 3.05) is 14.2 Å². The zero-order chi connectivity index (χ0) is 10.8. The van der Waals surface area contributed by atoms with E-state index in [0.717, 1.165) is 0 Å². The maximum Gasteiger partial charge on any atom is 0.341 e. The van der Waals surface area contributed by atoms with E-state index in [1.807, 2.05) is 18.2 Å². The van der Waals surface area contributed by atoms with E-state index in [2.05, 4.69) is 0 Å². The van der Waals surface area contributed by atoms with E-state index in [1.54, 1.807) is 7.11 Å². The summed E-state index contributed by atoms with van der Waals surface area (Å²) in [4.78, 5) is 11.5. The minimum atomic E-state index is -0.339. The van der Waals surface area contributed by atoms with Crippen LogP contribution in [0.15, 0.2) is 18.2 Å². The lowest BCUT2D eigenvalue weighted by molar-refractivity contribution is 0.0597. The Morgan fingerprint density at radius 2 is 2.07 bits per heavy atom. The third-order valence-electron chi connectivity index (χ3n) is 2.68. The fourth-order valence-electron chi connectivity index (χ4n) is 1.67. The monoisotopic (exact) mass is 206 g/mol. The van der Waals surface area contributed by atoms with Gasteiger partial charge in [0.05, 0.1) is 14.2 Å². The molecule has 3 heteroatoms. The molecule has 0 N–H and O–H groups in total. The molecule has 2 rings (SSSR count). The van der Waals surface area contributed by atoms with Crippen molar-refractivity contribution in [2.45, 2.75) is 18.8 Å². The molecule has 0 aromatic heterocycles. The fraction of sp³-hybridized carbons (Fsp3) is 0.417. The molecule has 15 heavy (non-hydrogen) atoms. The zero-order valence-corrected chi connectivity index (χ0v) is 8.95. The van der Waals surface area contributed by atoms with Crippen molar-refractivity contribution in [3.63, 3.8) is 0 Å². The molecule has 0 amide bonds. The van der Waals surface area contributed by atoms with Crippen LogP contribution in [0.3, 0.4) is 0 Å². The quantitative estimate of drug-likeness (QED) is 0.712. The van der Waals surface area contributed by atoms with Gasteiger partial charge in [0.15, 0.2) is 0 Å². The van der Waals surface area contributed by atoms with E-state index in [-0.39, 0.29) is 5.97 Å². The van der Waals surface area contributed by atoms with E-state index in [4.69, 9.17) is 9.47 Å². The Kier molecular flexibility index (Phi) is 2.62. The summed E-state index contributed by atoms with van der Waals surface area (Å²) in [5.41, 5.74) is 1.72. The molecule has 1 saturated carbocycles. The standard InChI is InChI=1S/C12H14O3/c1-14-11-6-5-9(8-3-4-8)7-10(11)12(13)15-2/h5-8H,3-4H2,1-2H3. The maximum absolute atomic E-state index is 11.5. The second-order valence-electron chi connectivity index (χ2n) is 3.73. The highest BCUT2D eigenvalue weighted by molar-refractivity contribution is 5.92. The molecule has 1 aromatic rings. The number of hydrogen-bond acceptors (Lipinski definition) is 3. The Bertz CT molecular complexity index is 380. The molecule has 0 atom stereocenters. The summed E-state index contributed by atoms with van der Waals surface area (Å²) in [6, 6.07) is 5.73. The maximum atomic E-state index is 11.5. The molecule has 0 radical (unpaired) electrons. The third kappa shape index (κ3) is 1.96. The molecule has 0 bridgehead atoms. The van der Waals surface area contributed by atoms with Crippen LogP contribution in [0, 0.1) is 0 Å². The number of methoxy groups -OCH3 is 2. The molecule has 0 heterocycles. The average Bonchev–Trinajstić information content (AvgIpc) is 3.11. The normalized spacial score (nSPS) is 14.8. The minimum Gasteiger partial charge on any atom is -0.496 e. The first-order chi connectivity index (χ1) is 7.26. The number of carbonyl (C=O) groups excluding carboxylic acids is 1. The fourth-order valence-corrected chi connectivity index (χ4v) is 1.67. The molecule has 0 aliphatic heterocycles. The van der Waals surface area contributed by atoms with Crippen LogP contribution in [0.2, 0.25) is 0 Å². The molecule has 0 unspecified atom stereocenters. The van der Waals surface area contributed by atoms with Gasteiger partial charge in [-0.3, -0.25) is 0 Å². The van der Waals surface area contributed by atoms with Gasteiger partial charge in [0.2, 0.25) is 0 Å². The van der Waals surface area contributed by atoms with Crippen LogP contribution < -0.4 is 4.74 Å². The van der Waals surface area contributed by atoms with E-state index in [0.29, 0.717) is 17.2 Å². The van der Waals surface area contributed by atoms with E-state index in [9.17, 15) is 4.79 Å². The lowest BCUT2D eigenvalue weighted by Gasteiger charge is -2.08. The smallest absolute Gasteiger partial charge is 0.341 e. The summed E-state index contributed by atoms with van der Waals surface area (Å²) in [5.74, 6) is 0.861. The van der Waals surface area contributed by atoms with Crippen LogP contribution >= 0.6 is 0 Å². The Morgan fingerprint density at radius 3 is 2.60 bits per heavy atom. The first-order valence-electron chi connectivity index (χ1n) is 5.02. The first-order valence-corrected chi connectivity index (χ1v) is 5.02. The van der Waals surface area contributed by atoms with Crippen molar-refractivity contribution < 1.29 is 14.3 Å². The second-order valence-corrected chi connectivity index (χ2v) is 3.73. The van der Waals surface area contributed by atoms with Gasteiger partial charge in [0.1, 0.15) is 11.3 Å². The first kappa shape index (κ1) is 10.0. The Balaban J connectivity index is 2.37. The zero-order valence-electron chi connectivity index (χ0n) is 8.95. The number of ether oxygens (including phenoxy) is 2. The molecule has 3 nitrogen and oxygen atoms in total. The van der Waals surface area contributed by atoms with Gasteiger partial charge >= 0.3 is 5.97 Å². The summed E-state index contributed by atoms with van der Waals surface area (Å²) in [6.07, 6.45) is 2.43. The number of hydrogen-bond donors (Lipinski definition) is 0. The van der Waals surface area contributed by atoms with Gasteiger partial charge in [0.25, 0.3) is 0 Å². The Morgan fingerprint density at radius 1 is 1.33 bits per heavy atom. The molecule has 1 aromatic carbocycles. The number of rotatable bonds is 3. The predicted molar refractivity (Wildman–Crippen MR) is 56.3 cm³/mol. The van der Waals surface area contributed by atoms with Gasteiger partial charge in [-0.25, -0.2) is 4.79 Å². The van der Waals surface area contributed by atoms with E-state index < -0.39 is 0 Å². The van der Waals surface area contributed by atoms with Gasteiger partial charge in [-0.2, -0.15) is 0 Å². The number of esters is 1. The predicted octanol–water partition coefficient (Wildman–Crippen LogP) is 2.36. The number of carbonyl (C=O) groups is 1. The van der Waals surface area contributed by atoms with E-state index >= 15 is 0 Å². The molecule has 1 fully saturated rings. The van der Waals surface area contributed by atoms with Crippen molar-refractivity contribution >= 4 is 5.97 Å². The largest absolute Gasteiger partial charge is 0.496 e. The highest BCUT2D eigenvalue weighted by atomic mass is 16.5. The second kappa shape index (κ2) is 3.93. The number of benzene rings is 1. The van der Waals surface area contributed by atoms with Crippen LogP contribution in [0.4, 0.5) is 0 Å².